The van der Waals surface area contributed by atoms with Crippen molar-refractivity contribution in [1.82, 2.24) is 0 Å². The van der Waals surface area contributed by atoms with Gasteiger partial charge in [-0.25, -0.2) is 0 Å². The fourth-order valence-electron chi connectivity index (χ4n) is 2.35. The van der Waals surface area contributed by atoms with Crippen molar-refractivity contribution in [3.05, 3.63) is 102 Å². The van der Waals surface area contributed by atoms with E-state index in [0.29, 0.717) is 12.3 Å². The lowest BCUT2D eigenvalue weighted by Gasteiger charge is -2.09. The van der Waals surface area contributed by atoms with Crippen LogP contribution in [0.4, 0.5) is 0 Å². The zero-order valence-corrected chi connectivity index (χ0v) is 12.6. The maximum Gasteiger partial charge on any atom is 0.120 e. The van der Waals surface area contributed by atoms with Crippen LogP contribution in [0.25, 0.3) is 0 Å². The van der Waals surface area contributed by atoms with E-state index in [2.05, 4.69) is 5.16 Å². The predicted molar refractivity (Wildman–Crippen MR) is 91.1 cm³/mol. The summed E-state index contributed by atoms with van der Waals surface area (Å²) in [6, 6.07) is 27.1. The molecule has 0 radical (unpaired) electrons. The Kier molecular flexibility index (Phi) is 4.69. The molecule has 114 valence electrons. The Balaban J connectivity index is 1.79. The molecule has 0 aliphatic carbocycles. The average Bonchev–Trinajstić information content (AvgIpc) is 2.63. The van der Waals surface area contributed by atoms with Gasteiger partial charge in [0.15, 0.2) is 0 Å². The van der Waals surface area contributed by atoms with Gasteiger partial charge in [0.25, 0.3) is 0 Å². The largest absolute Gasteiger partial charge is 0.489 e. The molecule has 0 bridgehead atoms. The summed E-state index contributed by atoms with van der Waals surface area (Å²) in [5.74, 6) is 0.739. The van der Waals surface area contributed by atoms with Gasteiger partial charge < -0.3 is 9.94 Å². The highest BCUT2D eigenvalue weighted by Crippen LogP contribution is 2.18. The number of hydrogen-bond acceptors (Lipinski definition) is 3. The Hall–Kier alpha value is -3.07. The quantitative estimate of drug-likeness (QED) is 0.428. The van der Waals surface area contributed by atoms with Crippen LogP contribution in [0.15, 0.2) is 90.1 Å². The monoisotopic (exact) mass is 303 g/mol. The number of benzene rings is 3. The Morgan fingerprint density at radius 2 is 1.43 bits per heavy atom. The Morgan fingerprint density at radius 3 is 2.13 bits per heavy atom. The van der Waals surface area contributed by atoms with Gasteiger partial charge in [-0.15, -0.1) is 0 Å². The molecule has 0 unspecified atom stereocenters. The second-order valence-corrected chi connectivity index (χ2v) is 5.12. The molecule has 0 amide bonds. The lowest BCUT2D eigenvalue weighted by molar-refractivity contribution is 0.306. The Labute approximate surface area is 135 Å². The first kappa shape index (κ1) is 14.9. The van der Waals surface area contributed by atoms with Gasteiger partial charge in [0, 0.05) is 11.1 Å². The molecule has 0 aromatic heterocycles. The van der Waals surface area contributed by atoms with Crippen LogP contribution in [0, 0.1) is 0 Å². The van der Waals surface area contributed by atoms with E-state index in [1.807, 2.05) is 84.9 Å². The van der Waals surface area contributed by atoms with Crippen LogP contribution in [-0.2, 0) is 6.61 Å². The van der Waals surface area contributed by atoms with Crippen molar-refractivity contribution >= 4 is 5.71 Å². The third kappa shape index (κ3) is 3.77. The second-order valence-electron chi connectivity index (χ2n) is 5.12. The molecule has 0 aliphatic rings. The first-order valence-corrected chi connectivity index (χ1v) is 7.41. The van der Waals surface area contributed by atoms with Gasteiger partial charge in [0.05, 0.1) is 0 Å². The molecule has 0 aliphatic heterocycles. The topological polar surface area (TPSA) is 41.8 Å². The standard InChI is InChI=1S/C20H17NO2/c22-21-20(17-10-5-2-6-11-17)18-12-7-13-19(14-18)23-15-16-8-3-1-4-9-16/h1-14,22H,15H2. The van der Waals surface area contributed by atoms with E-state index in [9.17, 15) is 5.21 Å². The van der Waals surface area contributed by atoms with E-state index in [1.165, 1.54) is 0 Å². The summed E-state index contributed by atoms with van der Waals surface area (Å²) in [6.07, 6.45) is 0. The van der Waals surface area contributed by atoms with Crippen LogP contribution >= 0.6 is 0 Å². The van der Waals surface area contributed by atoms with Gasteiger partial charge in [-0.1, -0.05) is 78.0 Å². The highest BCUT2D eigenvalue weighted by molar-refractivity contribution is 6.12. The molecule has 3 nitrogen and oxygen atoms in total. The van der Waals surface area contributed by atoms with Gasteiger partial charge in [0.2, 0.25) is 0 Å². The van der Waals surface area contributed by atoms with Crippen molar-refractivity contribution in [2.24, 2.45) is 5.16 Å². The van der Waals surface area contributed by atoms with Crippen LogP contribution in [-0.4, -0.2) is 10.9 Å². The molecule has 23 heavy (non-hydrogen) atoms. The van der Waals surface area contributed by atoms with Crippen LogP contribution in [0.2, 0.25) is 0 Å². The van der Waals surface area contributed by atoms with Gasteiger partial charge in [-0.2, -0.15) is 0 Å². The summed E-state index contributed by atoms with van der Waals surface area (Å²) in [6.45, 7) is 0.501. The first-order chi connectivity index (χ1) is 11.4. The molecule has 0 heterocycles. The normalized spacial score (nSPS) is 11.2. The summed E-state index contributed by atoms with van der Waals surface area (Å²) in [7, 11) is 0. The third-order valence-corrected chi connectivity index (χ3v) is 3.50. The van der Waals surface area contributed by atoms with Crippen molar-refractivity contribution in [3.8, 4) is 5.75 Å². The molecule has 3 aromatic carbocycles. The molecule has 0 spiro atoms. The maximum atomic E-state index is 9.38. The molecule has 0 saturated heterocycles. The van der Waals surface area contributed by atoms with E-state index in [4.69, 9.17) is 4.74 Å². The van der Waals surface area contributed by atoms with Crippen LogP contribution in [0.5, 0.6) is 5.75 Å². The van der Waals surface area contributed by atoms with Crippen LogP contribution in [0.1, 0.15) is 16.7 Å². The van der Waals surface area contributed by atoms with Crippen molar-refractivity contribution < 1.29 is 9.94 Å². The fourth-order valence-corrected chi connectivity index (χ4v) is 2.35. The number of rotatable bonds is 5. The molecule has 3 heteroatoms. The lowest BCUT2D eigenvalue weighted by Crippen LogP contribution is -2.04. The zero-order valence-electron chi connectivity index (χ0n) is 12.6. The molecular formula is C20H17NO2. The molecular weight excluding hydrogens is 286 g/mol. The molecule has 0 atom stereocenters. The maximum absolute atomic E-state index is 9.38. The summed E-state index contributed by atoms with van der Waals surface area (Å²) in [5, 5.41) is 12.8. The fraction of sp³-hybridized carbons (Fsp3) is 0.0500. The minimum absolute atomic E-state index is 0.501. The lowest BCUT2D eigenvalue weighted by atomic mass is 10.0. The number of nitrogens with zero attached hydrogens (tertiary/aromatic N) is 1. The Bertz CT molecular complexity index is 783. The highest BCUT2D eigenvalue weighted by Gasteiger charge is 2.08. The minimum Gasteiger partial charge on any atom is -0.489 e. The molecule has 1 N–H and O–H groups in total. The van der Waals surface area contributed by atoms with Gasteiger partial charge in [-0.05, 0) is 17.7 Å². The molecule has 0 fully saturated rings. The van der Waals surface area contributed by atoms with Crippen molar-refractivity contribution in [3.63, 3.8) is 0 Å². The van der Waals surface area contributed by atoms with Crippen molar-refractivity contribution in [2.45, 2.75) is 6.61 Å². The molecule has 3 rings (SSSR count). The Morgan fingerprint density at radius 1 is 0.783 bits per heavy atom. The summed E-state index contributed by atoms with van der Waals surface area (Å²) in [4.78, 5) is 0. The number of ether oxygens (including phenoxy) is 1. The van der Waals surface area contributed by atoms with Gasteiger partial charge in [-0.3, -0.25) is 0 Å². The van der Waals surface area contributed by atoms with Crippen LogP contribution < -0.4 is 4.74 Å². The van der Waals surface area contributed by atoms with E-state index in [-0.39, 0.29) is 0 Å². The molecule has 3 aromatic rings. The first-order valence-electron chi connectivity index (χ1n) is 7.41. The van der Waals surface area contributed by atoms with Gasteiger partial charge >= 0.3 is 0 Å². The van der Waals surface area contributed by atoms with Crippen molar-refractivity contribution in [1.29, 1.82) is 0 Å². The zero-order chi connectivity index (χ0) is 15.9. The van der Waals surface area contributed by atoms with E-state index in [1.54, 1.807) is 0 Å². The molecule has 0 saturated carbocycles. The van der Waals surface area contributed by atoms with E-state index >= 15 is 0 Å². The van der Waals surface area contributed by atoms with Crippen molar-refractivity contribution in [2.75, 3.05) is 0 Å². The van der Waals surface area contributed by atoms with E-state index < -0.39 is 0 Å². The van der Waals surface area contributed by atoms with E-state index in [0.717, 1.165) is 22.4 Å². The highest BCUT2D eigenvalue weighted by atomic mass is 16.5. The third-order valence-electron chi connectivity index (χ3n) is 3.50. The SMILES string of the molecule is ON=C(c1ccccc1)c1cccc(OCc2ccccc2)c1. The summed E-state index contributed by atoms with van der Waals surface area (Å²) in [5.41, 5.74) is 3.30. The summed E-state index contributed by atoms with van der Waals surface area (Å²) < 4.78 is 5.83. The number of oxime groups is 1. The smallest absolute Gasteiger partial charge is 0.120 e. The minimum atomic E-state index is 0.501. The number of hydrogen-bond donors (Lipinski definition) is 1. The predicted octanol–water partition coefficient (Wildman–Crippen LogP) is 4.49. The van der Waals surface area contributed by atoms with Gasteiger partial charge in [0.1, 0.15) is 18.1 Å². The second kappa shape index (κ2) is 7.27. The van der Waals surface area contributed by atoms with Crippen LogP contribution in [0.3, 0.4) is 0 Å². The average molecular weight is 303 g/mol. The summed E-state index contributed by atoms with van der Waals surface area (Å²) >= 11 is 0.